The van der Waals surface area contributed by atoms with Crippen LogP contribution in [0.15, 0.2) is 17.4 Å². The number of rotatable bonds is 2. The summed E-state index contributed by atoms with van der Waals surface area (Å²) < 4.78 is 19.6. The highest BCUT2D eigenvalue weighted by Crippen LogP contribution is 2.51. The predicted octanol–water partition coefficient (Wildman–Crippen LogP) is -0.0805. The van der Waals surface area contributed by atoms with Crippen molar-refractivity contribution in [2.24, 2.45) is 0 Å². The Labute approximate surface area is 131 Å². The molecule has 4 rings (SSSR count). The van der Waals surface area contributed by atoms with Crippen molar-refractivity contribution in [1.82, 2.24) is 19.5 Å². The fraction of sp³-hybridized carbons (Fsp3) is 0.643. The summed E-state index contributed by atoms with van der Waals surface area (Å²) in [6.45, 7) is 5.30. The average Bonchev–Trinajstić information content (AvgIpc) is 3.07. The fourth-order valence-electron chi connectivity index (χ4n) is 3.56. The molecule has 0 amide bonds. The molecular weight excluding hydrogens is 304 g/mol. The van der Waals surface area contributed by atoms with E-state index in [9.17, 15) is 9.90 Å². The van der Waals surface area contributed by atoms with E-state index in [1.54, 1.807) is 4.57 Å². The summed E-state index contributed by atoms with van der Waals surface area (Å²) in [5, 5.41) is 9.61. The van der Waals surface area contributed by atoms with E-state index < -0.39 is 29.8 Å². The van der Waals surface area contributed by atoms with Crippen LogP contribution >= 0.6 is 0 Å². The Balaban J connectivity index is 1.84. The predicted molar refractivity (Wildman–Crippen MR) is 77.6 cm³/mol. The van der Waals surface area contributed by atoms with Crippen molar-refractivity contribution in [2.45, 2.75) is 50.6 Å². The van der Waals surface area contributed by atoms with E-state index in [-0.39, 0.29) is 17.7 Å². The zero-order valence-corrected chi connectivity index (χ0v) is 13.0. The van der Waals surface area contributed by atoms with Crippen LogP contribution in [0.1, 0.15) is 27.0 Å². The number of aliphatic hydroxyl groups excluding tert-OH is 1. The van der Waals surface area contributed by atoms with Crippen molar-refractivity contribution in [3.63, 3.8) is 0 Å². The van der Waals surface area contributed by atoms with Crippen LogP contribution in [0.4, 0.5) is 0 Å². The average molecular weight is 322 g/mol. The van der Waals surface area contributed by atoms with Gasteiger partial charge in [-0.25, -0.2) is 9.97 Å². The number of fused-ring (bicyclic) bond motifs is 2. The van der Waals surface area contributed by atoms with Gasteiger partial charge in [0.15, 0.2) is 23.2 Å². The lowest BCUT2D eigenvalue weighted by molar-refractivity contribution is -0.217. The Bertz CT molecular complexity index is 815. The smallest absolute Gasteiger partial charge is 0.278 e. The number of imidazole rings is 1. The summed E-state index contributed by atoms with van der Waals surface area (Å²) in [7, 11) is 0. The molecule has 9 nitrogen and oxygen atoms in total. The Morgan fingerprint density at radius 2 is 2.17 bits per heavy atom. The maximum absolute atomic E-state index is 11.8. The van der Waals surface area contributed by atoms with Gasteiger partial charge in [-0.05, 0) is 20.8 Å². The molecule has 0 saturated carbocycles. The highest BCUT2D eigenvalue weighted by atomic mass is 16.8. The SMILES string of the molecule is CC1(C)O[C@@H]2[C@@H](CO)O[C@@H](n3cnc4c(=O)[nH]cnc43)[C@]2(C)O1. The third-order valence-electron chi connectivity index (χ3n) is 4.37. The molecule has 2 aromatic heterocycles. The molecule has 0 unspecified atom stereocenters. The summed E-state index contributed by atoms with van der Waals surface area (Å²) in [5.74, 6) is -0.795. The second kappa shape index (κ2) is 4.60. The van der Waals surface area contributed by atoms with E-state index in [2.05, 4.69) is 15.0 Å². The second-order valence-corrected chi connectivity index (χ2v) is 6.49. The van der Waals surface area contributed by atoms with Crippen LogP contribution in [0, 0.1) is 0 Å². The molecule has 0 bridgehead atoms. The van der Waals surface area contributed by atoms with Gasteiger partial charge in [-0.15, -0.1) is 0 Å². The van der Waals surface area contributed by atoms with Crippen molar-refractivity contribution in [2.75, 3.05) is 6.61 Å². The molecule has 4 heterocycles. The van der Waals surface area contributed by atoms with Gasteiger partial charge in [0.25, 0.3) is 5.56 Å². The Morgan fingerprint density at radius 1 is 1.39 bits per heavy atom. The van der Waals surface area contributed by atoms with Gasteiger partial charge in [-0.3, -0.25) is 9.36 Å². The molecule has 2 N–H and O–H groups in total. The van der Waals surface area contributed by atoms with Crippen molar-refractivity contribution in [3.05, 3.63) is 23.0 Å². The maximum Gasteiger partial charge on any atom is 0.278 e. The van der Waals surface area contributed by atoms with Crippen molar-refractivity contribution in [3.8, 4) is 0 Å². The third kappa shape index (κ3) is 1.97. The number of ether oxygens (including phenoxy) is 3. The number of H-pyrrole nitrogens is 1. The second-order valence-electron chi connectivity index (χ2n) is 6.49. The molecule has 0 spiro atoms. The van der Waals surface area contributed by atoms with Gasteiger partial charge in [-0.1, -0.05) is 0 Å². The van der Waals surface area contributed by atoms with Crippen molar-refractivity contribution >= 4 is 11.2 Å². The molecule has 4 atom stereocenters. The molecule has 0 radical (unpaired) electrons. The number of aliphatic hydroxyl groups is 1. The molecule has 2 fully saturated rings. The lowest BCUT2D eigenvalue weighted by Crippen LogP contribution is -2.42. The van der Waals surface area contributed by atoms with E-state index in [1.807, 2.05) is 20.8 Å². The molecule has 0 aliphatic carbocycles. The van der Waals surface area contributed by atoms with Crippen LogP contribution in [-0.4, -0.2) is 54.8 Å². The Morgan fingerprint density at radius 3 is 2.91 bits per heavy atom. The van der Waals surface area contributed by atoms with Gasteiger partial charge in [0.05, 0.1) is 19.3 Å². The standard InChI is InChI=1S/C14H18N4O5/c1-13(2)22-9-7(4-19)21-12(14(9,3)23-13)18-6-17-8-10(18)15-5-16-11(8)20/h5-7,9,12,19H,4H2,1-3H3,(H,15,16,20)/t7-,9-,12-,14-/m1/s1. The lowest BCUT2D eigenvalue weighted by atomic mass is 9.96. The van der Waals surface area contributed by atoms with Crippen LogP contribution in [0.3, 0.4) is 0 Å². The molecule has 0 aromatic carbocycles. The number of aromatic amines is 1. The molecule has 2 aromatic rings. The van der Waals surface area contributed by atoms with E-state index in [4.69, 9.17) is 14.2 Å². The topological polar surface area (TPSA) is 111 Å². The minimum absolute atomic E-state index is 0.198. The summed E-state index contributed by atoms with van der Waals surface area (Å²) in [6.07, 6.45) is 1.22. The van der Waals surface area contributed by atoms with Crippen LogP contribution < -0.4 is 5.56 Å². The summed E-state index contributed by atoms with van der Waals surface area (Å²) in [5.41, 5.74) is -0.544. The monoisotopic (exact) mass is 322 g/mol. The van der Waals surface area contributed by atoms with Crippen molar-refractivity contribution < 1.29 is 19.3 Å². The minimum atomic E-state index is -0.838. The largest absolute Gasteiger partial charge is 0.394 e. The maximum atomic E-state index is 11.8. The minimum Gasteiger partial charge on any atom is -0.394 e. The van der Waals surface area contributed by atoms with Gasteiger partial charge in [0.1, 0.15) is 17.8 Å². The van der Waals surface area contributed by atoms with Gasteiger partial charge in [-0.2, -0.15) is 0 Å². The Kier molecular flexibility index (Phi) is 2.95. The quantitative estimate of drug-likeness (QED) is 0.795. The first kappa shape index (κ1) is 14.8. The first-order valence-corrected chi connectivity index (χ1v) is 7.40. The van der Waals surface area contributed by atoms with E-state index in [1.165, 1.54) is 12.7 Å². The number of aromatic nitrogens is 4. The third-order valence-corrected chi connectivity index (χ3v) is 4.37. The van der Waals surface area contributed by atoms with Crippen LogP contribution in [0.5, 0.6) is 0 Å². The highest BCUT2D eigenvalue weighted by Gasteiger charge is 2.64. The van der Waals surface area contributed by atoms with E-state index in [0.29, 0.717) is 5.65 Å². The number of hydrogen-bond acceptors (Lipinski definition) is 7. The van der Waals surface area contributed by atoms with E-state index in [0.717, 1.165) is 0 Å². The highest BCUT2D eigenvalue weighted by molar-refractivity contribution is 5.69. The summed E-state index contributed by atoms with van der Waals surface area (Å²) >= 11 is 0. The van der Waals surface area contributed by atoms with Gasteiger partial charge >= 0.3 is 0 Å². The van der Waals surface area contributed by atoms with Gasteiger partial charge in [0, 0.05) is 0 Å². The first-order chi connectivity index (χ1) is 10.9. The zero-order valence-electron chi connectivity index (χ0n) is 13.0. The normalized spacial score (nSPS) is 35.7. The summed E-state index contributed by atoms with van der Waals surface area (Å²) in [4.78, 5) is 22.6. The number of nitrogens with zero attached hydrogens (tertiary/aromatic N) is 3. The first-order valence-electron chi connectivity index (χ1n) is 7.40. The van der Waals surface area contributed by atoms with Gasteiger partial charge in [0.2, 0.25) is 0 Å². The number of nitrogens with one attached hydrogen (secondary N) is 1. The van der Waals surface area contributed by atoms with Gasteiger partial charge < -0.3 is 24.3 Å². The zero-order chi connectivity index (χ0) is 16.4. The number of hydrogen-bond donors (Lipinski definition) is 2. The van der Waals surface area contributed by atoms with Crippen LogP contribution in [-0.2, 0) is 14.2 Å². The van der Waals surface area contributed by atoms with E-state index >= 15 is 0 Å². The summed E-state index contributed by atoms with van der Waals surface area (Å²) in [6, 6.07) is 0. The fourth-order valence-corrected chi connectivity index (χ4v) is 3.56. The van der Waals surface area contributed by atoms with Crippen LogP contribution in [0.2, 0.25) is 0 Å². The Hall–Kier alpha value is -1.81. The molecule has 2 aliphatic rings. The van der Waals surface area contributed by atoms with Crippen LogP contribution in [0.25, 0.3) is 11.2 Å². The molecule has 9 heteroatoms. The van der Waals surface area contributed by atoms with Crippen molar-refractivity contribution in [1.29, 1.82) is 0 Å². The molecular formula is C14H18N4O5. The molecule has 23 heavy (non-hydrogen) atoms. The molecule has 2 saturated heterocycles. The lowest BCUT2D eigenvalue weighted by Gasteiger charge is -2.30. The molecule has 2 aliphatic heterocycles. The molecule has 124 valence electrons.